The van der Waals surface area contributed by atoms with E-state index in [-0.39, 0.29) is 23.5 Å². The number of hydrogen-bond donors (Lipinski definition) is 3. The summed E-state index contributed by atoms with van der Waals surface area (Å²) in [6.45, 7) is 6.36. The van der Waals surface area contributed by atoms with E-state index in [1.54, 1.807) is 0 Å². The molecule has 0 saturated heterocycles. The van der Waals surface area contributed by atoms with Gasteiger partial charge in [-0.1, -0.05) is 26.7 Å². The van der Waals surface area contributed by atoms with E-state index in [0.717, 1.165) is 12.8 Å². The normalized spacial score (nSPS) is 14.2. The minimum absolute atomic E-state index is 0.0559. The van der Waals surface area contributed by atoms with Gasteiger partial charge in [0.15, 0.2) is 0 Å². The van der Waals surface area contributed by atoms with Crippen LogP contribution in [0.1, 0.15) is 40.0 Å². The maximum Gasteiger partial charge on any atom is 0.321 e. The van der Waals surface area contributed by atoms with Crippen LogP contribution in [-0.4, -0.2) is 40.6 Å². The number of hydrogen-bond acceptors (Lipinski definition) is 4. The maximum absolute atomic E-state index is 11.6. The first-order valence-corrected chi connectivity index (χ1v) is 7.83. The Morgan fingerprint density at radius 1 is 1.26 bits per heavy atom. The summed E-state index contributed by atoms with van der Waals surface area (Å²) in [7, 11) is 0. The molecule has 0 spiro atoms. The van der Waals surface area contributed by atoms with E-state index >= 15 is 0 Å². The second-order valence-electron chi connectivity index (χ2n) is 5.25. The van der Waals surface area contributed by atoms with Gasteiger partial charge in [-0.2, -0.15) is 0 Å². The van der Waals surface area contributed by atoms with E-state index in [2.05, 4.69) is 19.2 Å². The highest BCUT2D eigenvalue weighted by Crippen LogP contribution is 2.08. The molecule has 2 atom stereocenters. The molecule has 4 N–H and O–H groups in total. The topological polar surface area (TPSA) is 92.4 Å². The van der Waals surface area contributed by atoms with Gasteiger partial charge in [-0.25, -0.2) is 0 Å². The van der Waals surface area contributed by atoms with Gasteiger partial charge in [0.05, 0.1) is 5.75 Å². The average molecular weight is 290 g/mol. The molecule has 0 rings (SSSR count). The smallest absolute Gasteiger partial charge is 0.321 e. The molecule has 0 aromatic heterocycles. The number of carboxylic acid groups (broad SMARTS) is 1. The zero-order chi connectivity index (χ0) is 14.8. The molecule has 0 aliphatic heterocycles. The lowest BCUT2D eigenvalue weighted by molar-refractivity contribution is -0.138. The summed E-state index contributed by atoms with van der Waals surface area (Å²) in [6.07, 6.45) is 3.25. The first-order valence-electron chi connectivity index (χ1n) is 6.68. The van der Waals surface area contributed by atoms with Gasteiger partial charge in [0.2, 0.25) is 5.91 Å². The van der Waals surface area contributed by atoms with Crippen molar-refractivity contribution in [1.29, 1.82) is 0 Å². The lowest BCUT2D eigenvalue weighted by Gasteiger charge is -2.14. The first-order chi connectivity index (χ1) is 8.82. The van der Waals surface area contributed by atoms with Crippen LogP contribution < -0.4 is 11.1 Å². The zero-order valence-corrected chi connectivity index (χ0v) is 12.8. The van der Waals surface area contributed by atoms with Crippen molar-refractivity contribution in [3.05, 3.63) is 0 Å². The molecule has 0 aliphatic rings. The van der Waals surface area contributed by atoms with Crippen molar-refractivity contribution in [1.82, 2.24) is 5.32 Å². The number of carbonyl (C=O) groups is 2. The number of thioether (sulfide) groups is 1. The number of carbonyl (C=O) groups excluding carboxylic acids is 1. The highest BCUT2D eigenvalue weighted by Gasteiger charge is 2.13. The average Bonchev–Trinajstić information content (AvgIpc) is 2.27. The van der Waals surface area contributed by atoms with Gasteiger partial charge >= 0.3 is 5.97 Å². The number of aliphatic carboxylic acids is 1. The Labute approximate surface area is 119 Å². The van der Waals surface area contributed by atoms with Gasteiger partial charge in [-0.15, -0.1) is 11.8 Å². The van der Waals surface area contributed by atoms with Gasteiger partial charge < -0.3 is 16.2 Å². The summed E-state index contributed by atoms with van der Waals surface area (Å²) in [5.41, 5.74) is 5.35. The summed E-state index contributed by atoms with van der Waals surface area (Å²) >= 11 is 1.25. The Bertz CT molecular complexity index is 285. The quantitative estimate of drug-likeness (QED) is 0.566. The molecule has 0 fully saturated rings. The predicted octanol–water partition coefficient (Wildman–Crippen LogP) is 1.46. The maximum atomic E-state index is 11.6. The molecule has 19 heavy (non-hydrogen) atoms. The molecular formula is C13H26N2O3S. The van der Waals surface area contributed by atoms with Crippen molar-refractivity contribution in [2.75, 3.05) is 11.5 Å². The first kappa shape index (κ1) is 18.2. The van der Waals surface area contributed by atoms with Crippen LogP contribution in [0, 0.1) is 5.92 Å². The molecule has 112 valence electrons. The van der Waals surface area contributed by atoms with E-state index in [1.165, 1.54) is 18.2 Å². The van der Waals surface area contributed by atoms with Crippen LogP contribution in [-0.2, 0) is 9.59 Å². The van der Waals surface area contributed by atoms with Crippen LogP contribution in [0.25, 0.3) is 0 Å². The van der Waals surface area contributed by atoms with Crippen molar-refractivity contribution in [3.63, 3.8) is 0 Å². The lowest BCUT2D eigenvalue weighted by Crippen LogP contribution is -2.36. The van der Waals surface area contributed by atoms with Crippen molar-refractivity contribution < 1.29 is 14.7 Å². The molecule has 6 heteroatoms. The Kier molecular flexibility index (Phi) is 9.69. The van der Waals surface area contributed by atoms with Crippen LogP contribution >= 0.6 is 11.8 Å². The van der Waals surface area contributed by atoms with E-state index in [1.807, 2.05) is 6.92 Å². The fourth-order valence-electron chi connectivity index (χ4n) is 1.57. The van der Waals surface area contributed by atoms with Gasteiger partial charge in [0, 0.05) is 11.8 Å². The molecule has 1 unspecified atom stereocenters. The summed E-state index contributed by atoms with van der Waals surface area (Å²) in [5, 5.41) is 11.5. The molecule has 1 amide bonds. The summed E-state index contributed by atoms with van der Waals surface area (Å²) in [6, 6.07) is -0.735. The summed E-state index contributed by atoms with van der Waals surface area (Å²) in [5.74, 6) is 0.116. The third-order valence-electron chi connectivity index (χ3n) is 2.67. The molecule has 0 saturated carbocycles. The minimum Gasteiger partial charge on any atom is -0.480 e. The highest BCUT2D eigenvalue weighted by atomic mass is 32.2. The Morgan fingerprint density at radius 3 is 2.42 bits per heavy atom. The van der Waals surface area contributed by atoms with Gasteiger partial charge in [0.25, 0.3) is 0 Å². The van der Waals surface area contributed by atoms with Gasteiger partial charge in [-0.3, -0.25) is 9.59 Å². The third kappa shape index (κ3) is 10.8. The van der Waals surface area contributed by atoms with Gasteiger partial charge in [0.1, 0.15) is 6.04 Å². The Hall–Kier alpha value is -0.750. The van der Waals surface area contributed by atoms with Gasteiger partial charge in [-0.05, 0) is 19.3 Å². The van der Waals surface area contributed by atoms with Crippen LogP contribution in [0.3, 0.4) is 0 Å². The number of carboxylic acids is 1. The molecular weight excluding hydrogens is 264 g/mol. The SMILES string of the molecule is CC(C)CCCC(C)NC(=O)CSC[C@H](N)C(=O)O. The molecule has 0 bridgehead atoms. The zero-order valence-electron chi connectivity index (χ0n) is 12.0. The molecule has 5 nitrogen and oxygen atoms in total. The number of rotatable bonds is 10. The van der Waals surface area contributed by atoms with Crippen molar-refractivity contribution in [2.45, 2.75) is 52.1 Å². The summed E-state index contributed by atoms with van der Waals surface area (Å²) < 4.78 is 0. The molecule has 0 aromatic carbocycles. The monoisotopic (exact) mass is 290 g/mol. The largest absolute Gasteiger partial charge is 0.480 e. The number of nitrogens with one attached hydrogen (secondary N) is 1. The van der Waals surface area contributed by atoms with Crippen molar-refractivity contribution in [2.24, 2.45) is 11.7 Å². The fraction of sp³-hybridized carbons (Fsp3) is 0.846. The van der Waals surface area contributed by atoms with E-state index < -0.39 is 12.0 Å². The Morgan fingerprint density at radius 2 is 1.89 bits per heavy atom. The third-order valence-corrected chi connectivity index (χ3v) is 3.73. The van der Waals surface area contributed by atoms with Crippen LogP contribution in [0.5, 0.6) is 0 Å². The van der Waals surface area contributed by atoms with Crippen LogP contribution in [0.2, 0.25) is 0 Å². The lowest BCUT2D eigenvalue weighted by atomic mass is 10.0. The molecule has 0 aromatic rings. The van der Waals surface area contributed by atoms with E-state index in [4.69, 9.17) is 10.8 Å². The molecule has 0 heterocycles. The molecule has 0 radical (unpaired) electrons. The second kappa shape index (κ2) is 10.1. The van der Waals surface area contributed by atoms with E-state index in [0.29, 0.717) is 5.92 Å². The van der Waals surface area contributed by atoms with Crippen molar-refractivity contribution in [3.8, 4) is 0 Å². The highest BCUT2D eigenvalue weighted by molar-refractivity contribution is 8.00. The standard InChI is InChI=1S/C13H26N2O3S/c1-9(2)5-4-6-10(3)15-12(16)8-19-7-11(14)13(17)18/h9-11H,4-8,14H2,1-3H3,(H,15,16)(H,17,18)/t10?,11-/m0/s1. The molecule has 0 aliphatic carbocycles. The summed E-state index contributed by atoms with van der Waals surface area (Å²) in [4.78, 5) is 22.1. The number of nitrogens with two attached hydrogens (primary N) is 1. The Balaban J connectivity index is 3.65. The second-order valence-corrected chi connectivity index (χ2v) is 6.28. The predicted molar refractivity (Wildman–Crippen MR) is 79.2 cm³/mol. The fourth-order valence-corrected chi connectivity index (χ4v) is 2.35. The minimum atomic E-state index is -1.03. The van der Waals surface area contributed by atoms with Crippen molar-refractivity contribution >= 4 is 23.6 Å². The van der Waals surface area contributed by atoms with Crippen LogP contribution in [0.4, 0.5) is 0 Å². The van der Waals surface area contributed by atoms with Crippen LogP contribution in [0.15, 0.2) is 0 Å². The van der Waals surface area contributed by atoms with E-state index in [9.17, 15) is 9.59 Å². The number of amides is 1.